The normalized spacial score (nSPS) is 12.4. The number of rotatable bonds is 5. The highest BCUT2D eigenvalue weighted by molar-refractivity contribution is 7.12. The lowest BCUT2D eigenvalue weighted by Crippen LogP contribution is -2.38. The first-order chi connectivity index (χ1) is 9.56. The Morgan fingerprint density at radius 3 is 2.85 bits per heavy atom. The summed E-state index contributed by atoms with van der Waals surface area (Å²) in [4.78, 5) is 13.2. The van der Waals surface area contributed by atoms with E-state index in [2.05, 4.69) is 10.6 Å². The van der Waals surface area contributed by atoms with Gasteiger partial charge in [-0.05, 0) is 38.1 Å². The highest BCUT2D eigenvalue weighted by Gasteiger charge is 2.15. The summed E-state index contributed by atoms with van der Waals surface area (Å²) >= 11 is 1.45. The number of nitrogens with one attached hydrogen (secondary N) is 2. The number of carbonyl (C=O) groups is 1. The molecule has 0 aliphatic carbocycles. The van der Waals surface area contributed by atoms with E-state index in [1.165, 1.54) is 17.6 Å². The molecule has 0 saturated heterocycles. The molecule has 0 aromatic carbocycles. The first-order valence-electron chi connectivity index (χ1n) is 6.40. The standard InChI is InChI=1S/C14H18N2O3S/c1-9(2)16-14(18)15-8-10-5-6-12(20-10)13(17)11-4-3-7-19-11/h3-7,9,13,17H,8H2,1-2H3,(H2,15,16,18). The highest BCUT2D eigenvalue weighted by Crippen LogP contribution is 2.28. The third kappa shape index (κ3) is 3.85. The van der Waals surface area contributed by atoms with Crippen LogP contribution in [0.25, 0.3) is 0 Å². The molecule has 3 N–H and O–H groups in total. The third-order valence-electron chi connectivity index (χ3n) is 2.61. The van der Waals surface area contributed by atoms with Gasteiger partial charge >= 0.3 is 6.03 Å². The maximum absolute atomic E-state index is 11.5. The van der Waals surface area contributed by atoms with E-state index in [4.69, 9.17) is 4.42 Å². The van der Waals surface area contributed by atoms with Crippen molar-refractivity contribution in [3.8, 4) is 0 Å². The Morgan fingerprint density at radius 2 is 2.20 bits per heavy atom. The molecule has 2 aromatic rings. The smallest absolute Gasteiger partial charge is 0.315 e. The molecule has 2 amide bonds. The van der Waals surface area contributed by atoms with Gasteiger partial charge in [0.05, 0.1) is 12.8 Å². The van der Waals surface area contributed by atoms with Crippen LogP contribution >= 0.6 is 11.3 Å². The second-order valence-corrected chi connectivity index (χ2v) is 5.90. The molecule has 2 rings (SSSR count). The van der Waals surface area contributed by atoms with Crippen LogP contribution in [-0.4, -0.2) is 17.2 Å². The van der Waals surface area contributed by atoms with Crippen LogP contribution in [-0.2, 0) is 6.54 Å². The molecule has 2 aromatic heterocycles. The zero-order valence-electron chi connectivity index (χ0n) is 11.4. The van der Waals surface area contributed by atoms with Gasteiger partial charge in [0, 0.05) is 15.8 Å². The largest absolute Gasteiger partial charge is 0.466 e. The number of amides is 2. The van der Waals surface area contributed by atoms with Crippen molar-refractivity contribution >= 4 is 17.4 Å². The molecule has 0 bridgehead atoms. The molecule has 1 unspecified atom stereocenters. The van der Waals surface area contributed by atoms with Crippen molar-refractivity contribution < 1.29 is 14.3 Å². The van der Waals surface area contributed by atoms with Crippen LogP contribution in [0.15, 0.2) is 34.9 Å². The minimum absolute atomic E-state index is 0.106. The van der Waals surface area contributed by atoms with Crippen molar-refractivity contribution in [2.75, 3.05) is 0 Å². The number of carbonyl (C=O) groups excluding carboxylic acids is 1. The highest BCUT2D eigenvalue weighted by atomic mass is 32.1. The van der Waals surface area contributed by atoms with Gasteiger partial charge < -0.3 is 20.2 Å². The monoisotopic (exact) mass is 294 g/mol. The van der Waals surface area contributed by atoms with Crippen LogP contribution in [0.3, 0.4) is 0 Å². The van der Waals surface area contributed by atoms with Gasteiger partial charge in [-0.25, -0.2) is 4.79 Å². The average Bonchev–Trinajstić information content (AvgIpc) is 3.06. The fraction of sp³-hybridized carbons (Fsp3) is 0.357. The summed E-state index contributed by atoms with van der Waals surface area (Å²) in [6.07, 6.45) is 0.776. The molecular formula is C14H18N2O3S. The molecule has 6 heteroatoms. The van der Waals surface area contributed by atoms with Crippen molar-refractivity contribution in [3.63, 3.8) is 0 Å². The quantitative estimate of drug-likeness (QED) is 0.793. The number of hydrogen-bond acceptors (Lipinski definition) is 4. The Hall–Kier alpha value is -1.79. The lowest BCUT2D eigenvalue weighted by Gasteiger charge is -2.09. The van der Waals surface area contributed by atoms with Gasteiger partial charge in [-0.3, -0.25) is 0 Å². The van der Waals surface area contributed by atoms with E-state index in [9.17, 15) is 9.90 Å². The Bertz CT molecular complexity index is 549. The Labute approximate surface area is 121 Å². The van der Waals surface area contributed by atoms with Crippen LogP contribution in [0.4, 0.5) is 4.79 Å². The van der Waals surface area contributed by atoms with Gasteiger partial charge in [0.25, 0.3) is 0 Å². The molecule has 0 saturated carbocycles. The molecule has 2 heterocycles. The molecule has 0 spiro atoms. The maximum atomic E-state index is 11.5. The van der Waals surface area contributed by atoms with E-state index in [0.717, 1.165) is 9.75 Å². The lowest BCUT2D eigenvalue weighted by molar-refractivity contribution is 0.193. The molecule has 5 nitrogen and oxygen atoms in total. The first kappa shape index (κ1) is 14.6. The van der Waals surface area contributed by atoms with Crippen molar-refractivity contribution in [1.29, 1.82) is 0 Å². The summed E-state index contributed by atoms with van der Waals surface area (Å²) in [5.74, 6) is 0.518. The van der Waals surface area contributed by atoms with Gasteiger partial charge in [0.2, 0.25) is 0 Å². The predicted molar refractivity (Wildman–Crippen MR) is 77.6 cm³/mol. The van der Waals surface area contributed by atoms with Gasteiger partial charge in [0.15, 0.2) is 0 Å². The van der Waals surface area contributed by atoms with Crippen LogP contribution in [0.1, 0.15) is 35.5 Å². The minimum Gasteiger partial charge on any atom is -0.466 e. The number of aliphatic hydroxyl groups excluding tert-OH is 1. The zero-order valence-corrected chi connectivity index (χ0v) is 12.2. The third-order valence-corrected chi connectivity index (χ3v) is 3.75. The van der Waals surface area contributed by atoms with Gasteiger partial charge in [0.1, 0.15) is 11.9 Å². The van der Waals surface area contributed by atoms with Gasteiger partial charge in [-0.2, -0.15) is 0 Å². The summed E-state index contributed by atoms with van der Waals surface area (Å²) in [6, 6.07) is 7.12. The Morgan fingerprint density at radius 1 is 1.40 bits per heavy atom. The van der Waals surface area contributed by atoms with Gasteiger partial charge in [-0.15, -0.1) is 11.3 Å². The fourth-order valence-corrected chi connectivity index (χ4v) is 2.65. The molecule has 0 aliphatic rings. The molecule has 108 valence electrons. The van der Waals surface area contributed by atoms with E-state index in [1.807, 2.05) is 26.0 Å². The first-order valence-corrected chi connectivity index (χ1v) is 7.22. The number of furan rings is 1. The SMILES string of the molecule is CC(C)NC(=O)NCc1ccc(C(O)c2ccco2)s1. The van der Waals surface area contributed by atoms with E-state index in [0.29, 0.717) is 12.3 Å². The lowest BCUT2D eigenvalue weighted by atomic mass is 10.2. The molecule has 0 radical (unpaired) electrons. The van der Waals surface area contributed by atoms with Crippen LogP contribution in [0.2, 0.25) is 0 Å². The average molecular weight is 294 g/mol. The zero-order chi connectivity index (χ0) is 14.5. The number of urea groups is 1. The van der Waals surface area contributed by atoms with Crippen molar-refractivity contribution in [2.45, 2.75) is 32.5 Å². The van der Waals surface area contributed by atoms with Crippen molar-refractivity contribution in [3.05, 3.63) is 46.0 Å². The fourth-order valence-electron chi connectivity index (χ4n) is 1.70. The molecular weight excluding hydrogens is 276 g/mol. The van der Waals surface area contributed by atoms with Crippen LogP contribution < -0.4 is 10.6 Å². The maximum Gasteiger partial charge on any atom is 0.315 e. The Balaban J connectivity index is 1.91. The Kier molecular flexibility index (Phi) is 4.81. The number of hydrogen-bond donors (Lipinski definition) is 3. The minimum atomic E-state index is -0.756. The van der Waals surface area contributed by atoms with Crippen LogP contribution in [0.5, 0.6) is 0 Å². The molecule has 1 atom stereocenters. The number of thiophene rings is 1. The van der Waals surface area contributed by atoms with Crippen molar-refractivity contribution in [2.24, 2.45) is 0 Å². The summed E-state index contributed by atoms with van der Waals surface area (Å²) in [7, 11) is 0. The number of aliphatic hydroxyl groups is 1. The summed E-state index contributed by atoms with van der Waals surface area (Å²) < 4.78 is 5.18. The predicted octanol–water partition coefficient (Wildman–Crippen LogP) is 2.63. The second kappa shape index (κ2) is 6.58. The van der Waals surface area contributed by atoms with Crippen molar-refractivity contribution in [1.82, 2.24) is 10.6 Å². The second-order valence-electron chi connectivity index (χ2n) is 4.70. The topological polar surface area (TPSA) is 74.5 Å². The molecule has 0 aliphatic heterocycles. The summed E-state index contributed by atoms with van der Waals surface area (Å²) in [5.41, 5.74) is 0. The van der Waals surface area contributed by atoms with E-state index in [-0.39, 0.29) is 12.1 Å². The van der Waals surface area contributed by atoms with E-state index >= 15 is 0 Å². The van der Waals surface area contributed by atoms with E-state index < -0.39 is 6.10 Å². The van der Waals surface area contributed by atoms with E-state index in [1.54, 1.807) is 12.1 Å². The van der Waals surface area contributed by atoms with Crippen LogP contribution in [0, 0.1) is 0 Å². The molecule has 0 fully saturated rings. The summed E-state index contributed by atoms with van der Waals surface area (Å²) in [6.45, 7) is 4.25. The van der Waals surface area contributed by atoms with Gasteiger partial charge in [-0.1, -0.05) is 0 Å². The summed E-state index contributed by atoms with van der Waals surface area (Å²) in [5, 5.41) is 15.6. The molecule has 20 heavy (non-hydrogen) atoms.